The van der Waals surface area contributed by atoms with Gasteiger partial charge < -0.3 is 14.2 Å². The lowest BCUT2D eigenvalue weighted by Gasteiger charge is -2.24. The van der Waals surface area contributed by atoms with E-state index >= 15 is 0 Å². The van der Waals surface area contributed by atoms with Gasteiger partial charge >= 0.3 is 5.97 Å². The van der Waals surface area contributed by atoms with Crippen molar-refractivity contribution in [2.24, 2.45) is 0 Å². The van der Waals surface area contributed by atoms with Crippen molar-refractivity contribution in [1.82, 2.24) is 0 Å². The van der Waals surface area contributed by atoms with Crippen molar-refractivity contribution in [3.63, 3.8) is 0 Å². The molecule has 0 fully saturated rings. The zero-order valence-corrected chi connectivity index (χ0v) is 18.2. The molecule has 32 heavy (non-hydrogen) atoms. The number of anilines is 2. The van der Waals surface area contributed by atoms with Crippen molar-refractivity contribution in [2.45, 2.75) is 19.8 Å². The third-order valence-corrected chi connectivity index (χ3v) is 5.40. The number of methoxy groups -OCH3 is 1. The molecule has 0 radical (unpaired) electrons. The maximum absolute atomic E-state index is 13.3. The van der Waals surface area contributed by atoms with Crippen LogP contribution < -0.4 is 14.4 Å². The van der Waals surface area contributed by atoms with Gasteiger partial charge in [0.2, 0.25) is 0 Å². The van der Waals surface area contributed by atoms with Gasteiger partial charge in [0, 0.05) is 0 Å². The Labute approximate surface area is 187 Å². The lowest BCUT2D eigenvalue weighted by molar-refractivity contribution is -0.120. The van der Waals surface area contributed by atoms with Gasteiger partial charge in [0.1, 0.15) is 0 Å². The molecule has 0 N–H and O–H groups in total. The minimum absolute atomic E-state index is 0.290. The van der Waals surface area contributed by atoms with Crippen molar-refractivity contribution in [3.05, 3.63) is 83.4 Å². The molecule has 0 saturated heterocycles. The molecule has 0 atom stereocenters. The lowest BCUT2D eigenvalue weighted by atomic mass is 10.0. The van der Waals surface area contributed by atoms with Crippen LogP contribution in [0.2, 0.25) is 0 Å². The highest BCUT2D eigenvalue weighted by molar-refractivity contribution is 6.04. The van der Waals surface area contributed by atoms with Gasteiger partial charge in [0.05, 0.1) is 30.7 Å². The number of aryl methyl sites for hydroxylation is 2. The molecule has 1 heterocycles. The van der Waals surface area contributed by atoms with Crippen molar-refractivity contribution >= 4 is 23.3 Å². The van der Waals surface area contributed by atoms with Crippen LogP contribution >= 0.6 is 0 Å². The number of benzene rings is 3. The van der Waals surface area contributed by atoms with Crippen molar-refractivity contribution < 1.29 is 23.8 Å². The van der Waals surface area contributed by atoms with Gasteiger partial charge in [-0.05, 0) is 61.2 Å². The highest BCUT2D eigenvalue weighted by atomic mass is 16.5. The average Bonchev–Trinajstić information content (AvgIpc) is 2.99. The Kier molecular flexibility index (Phi) is 6.40. The number of amides is 1. The smallest absolute Gasteiger partial charge is 0.338 e. The molecular formula is C26H25NO5. The molecule has 0 aliphatic carbocycles. The molecular weight excluding hydrogens is 406 g/mol. The third kappa shape index (κ3) is 4.30. The highest BCUT2D eigenvalue weighted by Gasteiger charge is 2.26. The molecule has 1 aliphatic heterocycles. The first-order valence-electron chi connectivity index (χ1n) is 10.6. The van der Waals surface area contributed by atoms with Crippen LogP contribution in [0.25, 0.3) is 0 Å². The molecule has 6 nitrogen and oxygen atoms in total. The number of carbonyl (C=O) groups excluding carboxylic acids is 2. The van der Waals surface area contributed by atoms with Crippen molar-refractivity contribution in [3.8, 4) is 11.5 Å². The average molecular weight is 431 g/mol. The van der Waals surface area contributed by atoms with E-state index in [9.17, 15) is 9.59 Å². The first-order valence-corrected chi connectivity index (χ1v) is 10.6. The Morgan fingerprint density at radius 2 is 1.50 bits per heavy atom. The minimum Gasteiger partial charge on any atom is -0.493 e. The summed E-state index contributed by atoms with van der Waals surface area (Å²) in [6, 6.07) is 20.5. The molecule has 4 rings (SSSR count). The van der Waals surface area contributed by atoms with Crippen LogP contribution in [0.3, 0.4) is 0 Å². The molecule has 0 unspecified atom stereocenters. The van der Waals surface area contributed by atoms with Gasteiger partial charge in [0.25, 0.3) is 5.91 Å². The summed E-state index contributed by atoms with van der Waals surface area (Å²) in [7, 11) is 1.53. The maximum atomic E-state index is 13.3. The van der Waals surface area contributed by atoms with Crippen LogP contribution in [0.5, 0.6) is 11.5 Å². The van der Waals surface area contributed by atoms with Gasteiger partial charge in [-0.25, -0.2) is 4.79 Å². The fourth-order valence-corrected chi connectivity index (χ4v) is 3.90. The van der Waals surface area contributed by atoms with E-state index in [4.69, 9.17) is 14.2 Å². The second-order valence-corrected chi connectivity index (χ2v) is 7.36. The first-order chi connectivity index (χ1) is 15.6. The Bertz CT molecular complexity index is 1090. The summed E-state index contributed by atoms with van der Waals surface area (Å²) in [5.41, 5.74) is 4.10. The predicted octanol–water partition coefficient (Wildman–Crippen LogP) is 4.71. The van der Waals surface area contributed by atoms with E-state index in [1.807, 2.05) is 55.5 Å². The van der Waals surface area contributed by atoms with Crippen LogP contribution in [-0.2, 0) is 22.4 Å². The topological polar surface area (TPSA) is 65.1 Å². The Morgan fingerprint density at radius 3 is 2.09 bits per heavy atom. The molecule has 6 heteroatoms. The summed E-state index contributed by atoms with van der Waals surface area (Å²) in [5, 5.41) is 0. The van der Waals surface area contributed by atoms with Crippen LogP contribution in [0.15, 0.2) is 66.7 Å². The largest absolute Gasteiger partial charge is 0.493 e. The fourth-order valence-electron chi connectivity index (χ4n) is 3.90. The van der Waals surface area contributed by atoms with Crippen LogP contribution in [0.4, 0.5) is 11.4 Å². The van der Waals surface area contributed by atoms with Crippen LogP contribution in [-0.4, -0.2) is 32.2 Å². The number of hydrogen-bond donors (Lipinski definition) is 0. The van der Waals surface area contributed by atoms with Gasteiger partial charge in [-0.1, -0.05) is 36.4 Å². The lowest BCUT2D eigenvalue weighted by Crippen LogP contribution is -2.31. The quantitative estimate of drug-likeness (QED) is 0.529. The Morgan fingerprint density at radius 1 is 0.875 bits per heavy atom. The van der Waals surface area contributed by atoms with E-state index < -0.39 is 5.97 Å². The van der Waals surface area contributed by atoms with Gasteiger partial charge in [-0.3, -0.25) is 9.69 Å². The number of esters is 1. The van der Waals surface area contributed by atoms with Crippen LogP contribution in [0.1, 0.15) is 28.4 Å². The highest BCUT2D eigenvalue weighted by Crippen LogP contribution is 2.36. The van der Waals surface area contributed by atoms with Crippen LogP contribution in [0, 0.1) is 0 Å². The normalized spacial score (nSPS) is 12.2. The summed E-state index contributed by atoms with van der Waals surface area (Å²) >= 11 is 0. The van der Waals surface area contributed by atoms with Gasteiger partial charge in [-0.15, -0.1) is 0 Å². The number of carbonyl (C=O) groups is 2. The third-order valence-electron chi connectivity index (χ3n) is 5.40. The molecule has 0 aromatic heterocycles. The van der Waals surface area contributed by atoms with Gasteiger partial charge in [-0.2, -0.15) is 0 Å². The monoisotopic (exact) mass is 431 g/mol. The first kappa shape index (κ1) is 21.4. The fraction of sp³-hybridized carbons (Fsp3) is 0.231. The molecule has 0 spiro atoms. The molecule has 1 aliphatic rings. The van der Waals surface area contributed by atoms with E-state index in [1.165, 1.54) is 7.11 Å². The standard InChI is InChI=1S/C26H25NO5/c1-3-31-24-16-20(14-15-23(24)30-2)26(29)32-17-25(28)27-21-10-6-4-8-18(21)12-13-19-9-5-7-11-22(19)27/h4-11,14-16H,3,12-13,17H2,1-2H3. The van der Waals surface area contributed by atoms with Crippen molar-refractivity contribution in [1.29, 1.82) is 0 Å². The number of ether oxygens (including phenoxy) is 3. The number of fused-ring (bicyclic) bond motifs is 2. The molecule has 164 valence electrons. The van der Waals surface area contributed by atoms with E-state index in [1.54, 1.807) is 23.1 Å². The molecule has 0 bridgehead atoms. The molecule has 3 aromatic rings. The second-order valence-electron chi connectivity index (χ2n) is 7.36. The molecule has 0 saturated carbocycles. The van der Waals surface area contributed by atoms with Gasteiger partial charge in [0.15, 0.2) is 18.1 Å². The number of para-hydroxylation sites is 2. The van der Waals surface area contributed by atoms with E-state index in [-0.39, 0.29) is 12.5 Å². The van der Waals surface area contributed by atoms with E-state index in [0.29, 0.717) is 23.7 Å². The number of nitrogens with zero attached hydrogens (tertiary/aromatic N) is 1. The summed E-state index contributed by atoms with van der Waals surface area (Å²) < 4.78 is 16.2. The number of rotatable bonds is 6. The summed E-state index contributed by atoms with van der Waals surface area (Å²) in [4.78, 5) is 27.6. The zero-order chi connectivity index (χ0) is 22.5. The predicted molar refractivity (Wildman–Crippen MR) is 122 cm³/mol. The minimum atomic E-state index is -0.599. The Balaban J connectivity index is 1.56. The summed E-state index contributed by atoms with van der Waals surface area (Å²) in [6.45, 7) is 1.90. The van der Waals surface area contributed by atoms with E-state index in [0.717, 1.165) is 35.3 Å². The SMILES string of the molecule is CCOc1cc(C(=O)OCC(=O)N2c3ccccc3CCc3ccccc32)ccc1OC. The Hall–Kier alpha value is -3.80. The van der Waals surface area contributed by atoms with Crippen molar-refractivity contribution in [2.75, 3.05) is 25.2 Å². The zero-order valence-electron chi connectivity index (χ0n) is 18.2. The number of hydrogen-bond acceptors (Lipinski definition) is 5. The molecule has 1 amide bonds. The summed E-state index contributed by atoms with van der Waals surface area (Å²) in [5.74, 6) is 0.0699. The maximum Gasteiger partial charge on any atom is 0.338 e. The summed E-state index contributed by atoms with van der Waals surface area (Å²) in [6.07, 6.45) is 1.67. The van der Waals surface area contributed by atoms with E-state index in [2.05, 4.69) is 0 Å². The molecule has 3 aromatic carbocycles. The second kappa shape index (κ2) is 9.56.